The van der Waals surface area contributed by atoms with Crippen LogP contribution in [-0.2, 0) is 9.53 Å². The maximum Gasteiger partial charge on any atom is 0.312 e. The van der Waals surface area contributed by atoms with Crippen LogP contribution in [0.4, 0.5) is 0 Å². The maximum atomic E-state index is 13.4. The van der Waals surface area contributed by atoms with E-state index in [1.54, 1.807) is 0 Å². The number of carbonyl (C=O) groups excluding carboxylic acids is 1. The first-order chi connectivity index (χ1) is 20.1. The molecule has 0 fully saturated rings. The van der Waals surface area contributed by atoms with Crippen LogP contribution in [0.3, 0.4) is 0 Å². The molecule has 0 atom stereocenters. The van der Waals surface area contributed by atoms with Crippen LogP contribution >= 0.6 is 0 Å². The van der Waals surface area contributed by atoms with Crippen LogP contribution in [0.1, 0.15) is 227 Å². The molecule has 2 heteroatoms. The molecule has 0 aliphatic carbocycles. The monoisotopic (exact) mass is 579 g/mol. The third-order valence-corrected chi connectivity index (χ3v) is 9.68. The SMILES string of the molecule is CCCCCCCC(CCCCCCC)CCCCCCC(CCCCCCC)(CCCCCCC)C(=O)OCC. The van der Waals surface area contributed by atoms with Gasteiger partial charge < -0.3 is 4.74 Å². The van der Waals surface area contributed by atoms with Gasteiger partial charge in [0, 0.05) is 0 Å². The second-order valence-electron chi connectivity index (χ2n) is 13.6. The predicted molar refractivity (Wildman–Crippen MR) is 184 cm³/mol. The van der Waals surface area contributed by atoms with Crippen LogP contribution in [0.25, 0.3) is 0 Å². The van der Waals surface area contributed by atoms with Crippen molar-refractivity contribution in [1.82, 2.24) is 0 Å². The molecule has 0 rings (SSSR count). The minimum absolute atomic E-state index is 0.122. The lowest BCUT2D eigenvalue weighted by molar-refractivity contribution is -0.157. The standard InChI is InChI=1S/C39H78O2/c1-6-11-15-19-25-31-37(32-26-20-16-12-7-2)33-27-21-24-30-36-39(38(40)41-10-5,34-28-22-17-13-8-3)35-29-23-18-14-9-4/h37H,6-36H2,1-5H3. The average molecular weight is 579 g/mol. The Morgan fingerprint density at radius 1 is 0.439 bits per heavy atom. The number of rotatable bonds is 33. The maximum absolute atomic E-state index is 13.4. The number of esters is 1. The molecule has 246 valence electrons. The van der Waals surface area contributed by atoms with Crippen molar-refractivity contribution in [2.24, 2.45) is 11.3 Å². The molecule has 0 saturated carbocycles. The molecule has 0 aliphatic rings. The highest BCUT2D eigenvalue weighted by Gasteiger charge is 2.38. The van der Waals surface area contributed by atoms with Gasteiger partial charge in [0.1, 0.15) is 0 Å². The smallest absolute Gasteiger partial charge is 0.312 e. The number of unbranched alkanes of at least 4 members (excludes halogenated alkanes) is 19. The summed E-state index contributed by atoms with van der Waals surface area (Å²) in [6, 6.07) is 0. The second kappa shape index (κ2) is 30.9. The largest absolute Gasteiger partial charge is 0.466 e. The second-order valence-corrected chi connectivity index (χ2v) is 13.6. The first kappa shape index (κ1) is 40.5. The van der Waals surface area contributed by atoms with Crippen molar-refractivity contribution in [2.45, 2.75) is 227 Å². The van der Waals surface area contributed by atoms with E-state index < -0.39 is 0 Å². The lowest BCUT2D eigenvalue weighted by atomic mass is 9.74. The van der Waals surface area contributed by atoms with Crippen molar-refractivity contribution in [1.29, 1.82) is 0 Å². The molecule has 0 bridgehead atoms. The van der Waals surface area contributed by atoms with Gasteiger partial charge in [0.05, 0.1) is 12.0 Å². The zero-order chi connectivity index (χ0) is 30.3. The molecule has 0 aliphatic heterocycles. The topological polar surface area (TPSA) is 26.3 Å². The van der Waals surface area contributed by atoms with Gasteiger partial charge in [0.2, 0.25) is 0 Å². The molecule has 0 aromatic rings. The van der Waals surface area contributed by atoms with Gasteiger partial charge in [-0.1, -0.05) is 201 Å². The molecule has 0 heterocycles. The lowest BCUT2D eigenvalue weighted by Crippen LogP contribution is -2.33. The predicted octanol–water partition coefficient (Wildman–Crippen LogP) is 13.9. The summed E-state index contributed by atoms with van der Waals surface area (Å²) in [5.74, 6) is 1.07. The fourth-order valence-electron chi connectivity index (χ4n) is 6.86. The summed E-state index contributed by atoms with van der Waals surface area (Å²) in [7, 11) is 0. The molecule has 0 aromatic carbocycles. The Hall–Kier alpha value is -0.530. The minimum atomic E-state index is -0.228. The Kier molecular flexibility index (Phi) is 30.5. The van der Waals surface area contributed by atoms with E-state index in [0.29, 0.717) is 6.61 Å². The summed E-state index contributed by atoms with van der Waals surface area (Å²) in [5, 5.41) is 0. The molecule has 0 amide bonds. The van der Waals surface area contributed by atoms with E-state index in [0.717, 1.165) is 25.2 Å². The van der Waals surface area contributed by atoms with E-state index in [1.165, 1.54) is 173 Å². The van der Waals surface area contributed by atoms with E-state index in [4.69, 9.17) is 4.74 Å². The van der Waals surface area contributed by atoms with Gasteiger partial charge in [-0.25, -0.2) is 0 Å². The van der Waals surface area contributed by atoms with Crippen molar-refractivity contribution in [3.63, 3.8) is 0 Å². The van der Waals surface area contributed by atoms with Gasteiger partial charge in [-0.05, 0) is 32.1 Å². The van der Waals surface area contributed by atoms with Crippen LogP contribution in [0, 0.1) is 11.3 Å². The highest BCUT2D eigenvalue weighted by Crippen LogP contribution is 2.39. The number of carbonyl (C=O) groups is 1. The first-order valence-corrected chi connectivity index (χ1v) is 19.3. The summed E-state index contributed by atoms with van der Waals surface area (Å²) in [6.45, 7) is 11.7. The van der Waals surface area contributed by atoms with Gasteiger partial charge in [0.25, 0.3) is 0 Å². The van der Waals surface area contributed by atoms with Crippen LogP contribution in [0.2, 0.25) is 0 Å². The normalized spacial score (nSPS) is 12.0. The Balaban J connectivity index is 4.83. The van der Waals surface area contributed by atoms with Crippen molar-refractivity contribution in [3.8, 4) is 0 Å². The molecule has 0 N–H and O–H groups in total. The van der Waals surface area contributed by atoms with Gasteiger partial charge in [-0.3, -0.25) is 4.79 Å². The van der Waals surface area contributed by atoms with E-state index in [9.17, 15) is 4.79 Å². The van der Waals surface area contributed by atoms with E-state index in [1.807, 2.05) is 6.92 Å². The Morgan fingerprint density at radius 3 is 1.02 bits per heavy atom. The summed E-state index contributed by atoms with van der Waals surface area (Å²) < 4.78 is 5.76. The van der Waals surface area contributed by atoms with Crippen molar-refractivity contribution < 1.29 is 9.53 Å². The van der Waals surface area contributed by atoms with Gasteiger partial charge in [0.15, 0.2) is 0 Å². The molecular weight excluding hydrogens is 500 g/mol. The molecule has 0 spiro atoms. The summed E-state index contributed by atoms with van der Waals surface area (Å²) >= 11 is 0. The summed E-state index contributed by atoms with van der Waals surface area (Å²) in [5.41, 5.74) is -0.228. The fraction of sp³-hybridized carbons (Fsp3) is 0.974. The highest BCUT2D eigenvalue weighted by atomic mass is 16.5. The molecule has 0 aromatic heterocycles. The van der Waals surface area contributed by atoms with Gasteiger partial charge >= 0.3 is 5.97 Å². The van der Waals surface area contributed by atoms with Crippen LogP contribution in [0.15, 0.2) is 0 Å². The van der Waals surface area contributed by atoms with Crippen LogP contribution < -0.4 is 0 Å². The highest BCUT2D eigenvalue weighted by molar-refractivity contribution is 5.76. The fourth-order valence-corrected chi connectivity index (χ4v) is 6.86. The zero-order valence-corrected chi connectivity index (χ0v) is 29.3. The van der Waals surface area contributed by atoms with Crippen molar-refractivity contribution >= 4 is 5.97 Å². The first-order valence-electron chi connectivity index (χ1n) is 19.3. The Morgan fingerprint density at radius 2 is 0.732 bits per heavy atom. The third-order valence-electron chi connectivity index (χ3n) is 9.68. The third kappa shape index (κ3) is 23.6. The minimum Gasteiger partial charge on any atom is -0.466 e. The zero-order valence-electron chi connectivity index (χ0n) is 29.3. The molecule has 41 heavy (non-hydrogen) atoms. The molecule has 0 unspecified atom stereocenters. The van der Waals surface area contributed by atoms with Crippen molar-refractivity contribution in [2.75, 3.05) is 6.61 Å². The number of ether oxygens (including phenoxy) is 1. The van der Waals surface area contributed by atoms with E-state index in [2.05, 4.69) is 27.7 Å². The number of hydrogen-bond donors (Lipinski definition) is 0. The quantitative estimate of drug-likeness (QED) is 0.0572. The van der Waals surface area contributed by atoms with Crippen LogP contribution in [-0.4, -0.2) is 12.6 Å². The van der Waals surface area contributed by atoms with Crippen LogP contribution in [0.5, 0.6) is 0 Å². The van der Waals surface area contributed by atoms with Gasteiger partial charge in [-0.2, -0.15) is 0 Å². The molecule has 0 radical (unpaired) electrons. The average Bonchev–Trinajstić information content (AvgIpc) is 2.97. The summed E-state index contributed by atoms with van der Waals surface area (Å²) in [6.07, 6.45) is 39.5. The lowest BCUT2D eigenvalue weighted by Gasteiger charge is -2.32. The number of hydrogen-bond acceptors (Lipinski definition) is 2. The molecule has 2 nitrogen and oxygen atoms in total. The Labute approximate surface area is 260 Å². The van der Waals surface area contributed by atoms with E-state index in [-0.39, 0.29) is 11.4 Å². The molecule has 0 saturated heterocycles. The summed E-state index contributed by atoms with van der Waals surface area (Å²) in [4.78, 5) is 13.4. The molecular formula is C39H78O2. The van der Waals surface area contributed by atoms with Gasteiger partial charge in [-0.15, -0.1) is 0 Å². The van der Waals surface area contributed by atoms with E-state index >= 15 is 0 Å². The Bertz CT molecular complexity index is 500. The van der Waals surface area contributed by atoms with Crippen molar-refractivity contribution in [3.05, 3.63) is 0 Å².